The van der Waals surface area contributed by atoms with Gasteiger partial charge in [-0.05, 0) is 52.2 Å². The standard InChI is InChI=1S/C19H11N5O2/c25-18-15-5-1-3-12-4-2-6-16(17(12)15)19(26)24(18)14-9-7-13(8-10-14)23-11-20-21-22-23/h1-11H. The molecule has 1 aromatic heterocycles. The molecule has 0 aliphatic carbocycles. The van der Waals surface area contributed by atoms with E-state index in [9.17, 15) is 9.59 Å². The number of tetrazole rings is 1. The van der Waals surface area contributed by atoms with Crippen molar-refractivity contribution in [2.45, 2.75) is 0 Å². The van der Waals surface area contributed by atoms with Crippen molar-refractivity contribution in [3.05, 3.63) is 78.1 Å². The van der Waals surface area contributed by atoms with Crippen molar-refractivity contribution in [1.82, 2.24) is 20.2 Å². The van der Waals surface area contributed by atoms with Gasteiger partial charge in [0.15, 0.2) is 0 Å². The minimum Gasteiger partial charge on any atom is -0.268 e. The van der Waals surface area contributed by atoms with E-state index in [1.807, 2.05) is 24.3 Å². The molecule has 124 valence electrons. The lowest BCUT2D eigenvalue weighted by Crippen LogP contribution is -2.40. The van der Waals surface area contributed by atoms with Crippen LogP contribution in [0, 0.1) is 0 Å². The maximum atomic E-state index is 13.0. The Morgan fingerprint density at radius 1 is 0.731 bits per heavy atom. The molecule has 0 atom stereocenters. The molecule has 0 spiro atoms. The number of imide groups is 1. The normalized spacial score (nSPS) is 13.5. The van der Waals surface area contributed by atoms with Crippen LogP contribution >= 0.6 is 0 Å². The average molecular weight is 341 g/mol. The van der Waals surface area contributed by atoms with Gasteiger partial charge in [-0.15, -0.1) is 5.10 Å². The van der Waals surface area contributed by atoms with Crippen molar-refractivity contribution in [2.24, 2.45) is 0 Å². The predicted molar refractivity (Wildman–Crippen MR) is 94.2 cm³/mol. The number of amides is 2. The Hall–Kier alpha value is -3.87. The highest BCUT2D eigenvalue weighted by Crippen LogP contribution is 2.32. The molecule has 3 aromatic carbocycles. The number of nitrogens with zero attached hydrogens (tertiary/aromatic N) is 5. The van der Waals surface area contributed by atoms with Gasteiger partial charge in [0.2, 0.25) is 0 Å². The van der Waals surface area contributed by atoms with Crippen LogP contribution in [0.1, 0.15) is 20.7 Å². The summed E-state index contributed by atoms with van der Waals surface area (Å²) in [4.78, 5) is 27.2. The molecule has 1 aliphatic rings. The van der Waals surface area contributed by atoms with Gasteiger partial charge in [0.1, 0.15) is 6.33 Å². The number of hydrogen-bond acceptors (Lipinski definition) is 5. The van der Waals surface area contributed by atoms with Gasteiger partial charge in [-0.25, -0.2) is 9.58 Å². The van der Waals surface area contributed by atoms with Crippen LogP contribution in [0.2, 0.25) is 0 Å². The predicted octanol–water partition coefficient (Wildman–Crippen LogP) is 2.62. The third kappa shape index (κ3) is 1.97. The summed E-state index contributed by atoms with van der Waals surface area (Å²) in [5.41, 5.74) is 2.30. The van der Waals surface area contributed by atoms with Crippen molar-refractivity contribution in [1.29, 1.82) is 0 Å². The number of aromatic nitrogens is 4. The highest BCUT2D eigenvalue weighted by molar-refractivity contribution is 6.35. The van der Waals surface area contributed by atoms with Gasteiger partial charge in [-0.1, -0.05) is 24.3 Å². The van der Waals surface area contributed by atoms with E-state index in [1.54, 1.807) is 36.4 Å². The zero-order valence-electron chi connectivity index (χ0n) is 13.4. The van der Waals surface area contributed by atoms with E-state index in [4.69, 9.17) is 0 Å². The second-order valence-electron chi connectivity index (χ2n) is 5.93. The Labute approximate surface area is 147 Å². The smallest absolute Gasteiger partial charge is 0.265 e. The van der Waals surface area contributed by atoms with E-state index >= 15 is 0 Å². The van der Waals surface area contributed by atoms with E-state index < -0.39 is 0 Å². The fourth-order valence-electron chi connectivity index (χ4n) is 3.30. The molecule has 0 fully saturated rings. The van der Waals surface area contributed by atoms with Gasteiger partial charge >= 0.3 is 0 Å². The summed E-state index contributed by atoms with van der Waals surface area (Å²) in [6.45, 7) is 0. The molecular formula is C19H11N5O2. The van der Waals surface area contributed by atoms with E-state index in [0.29, 0.717) is 22.2 Å². The van der Waals surface area contributed by atoms with Crippen LogP contribution in [0.5, 0.6) is 0 Å². The summed E-state index contributed by atoms with van der Waals surface area (Å²) in [6.07, 6.45) is 1.48. The molecule has 26 heavy (non-hydrogen) atoms. The monoisotopic (exact) mass is 341 g/mol. The fourth-order valence-corrected chi connectivity index (χ4v) is 3.30. The summed E-state index contributed by atoms with van der Waals surface area (Å²) in [5, 5.41) is 12.6. The minimum atomic E-state index is -0.325. The Bertz CT molecular complexity index is 1120. The highest BCUT2D eigenvalue weighted by Gasteiger charge is 2.33. The number of rotatable bonds is 2. The Balaban J connectivity index is 1.63. The zero-order valence-corrected chi connectivity index (χ0v) is 13.4. The van der Waals surface area contributed by atoms with E-state index in [1.165, 1.54) is 15.9 Å². The Kier molecular flexibility index (Phi) is 2.96. The first-order chi connectivity index (χ1) is 12.7. The number of anilines is 1. The maximum Gasteiger partial charge on any atom is 0.265 e. The molecule has 0 saturated heterocycles. The topological polar surface area (TPSA) is 81.0 Å². The van der Waals surface area contributed by atoms with Crippen molar-refractivity contribution >= 4 is 28.3 Å². The van der Waals surface area contributed by atoms with E-state index in [0.717, 1.165) is 11.1 Å². The second-order valence-corrected chi connectivity index (χ2v) is 5.93. The van der Waals surface area contributed by atoms with Gasteiger partial charge in [0.25, 0.3) is 11.8 Å². The van der Waals surface area contributed by atoms with Gasteiger partial charge in [-0.3, -0.25) is 9.59 Å². The first-order valence-corrected chi connectivity index (χ1v) is 7.98. The molecule has 0 N–H and O–H groups in total. The Morgan fingerprint density at radius 3 is 1.92 bits per heavy atom. The van der Waals surface area contributed by atoms with Crippen LogP contribution in [-0.2, 0) is 0 Å². The molecule has 7 nitrogen and oxygen atoms in total. The summed E-state index contributed by atoms with van der Waals surface area (Å²) in [5.74, 6) is -0.649. The molecule has 1 aliphatic heterocycles. The third-order valence-electron chi connectivity index (χ3n) is 4.49. The number of hydrogen-bond donors (Lipinski definition) is 0. The van der Waals surface area contributed by atoms with Crippen LogP contribution in [0.4, 0.5) is 5.69 Å². The lowest BCUT2D eigenvalue weighted by atomic mass is 9.94. The Morgan fingerprint density at radius 2 is 1.35 bits per heavy atom. The highest BCUT2D eigenvalue weighted by atomic mass is 16.2. The maximum absolute atomic E-state index is 13.0. The molecular weight excluding hydrogens is 330 g/mol. The average Bonchev–Trinajstić information content (AvgIpc) is 3.21. The summed E-state index contributed by atoms with van der Waals surface area (Å²) >= 11 is 0. The fraction of sp³-hybridized carbons (Fsp3) is 0. The largest absolute Gasteiger partial charge is 0.268 e. The minimum absolute atomic E-state index is 0.325. The summed E-state index contributed by atoms with van der Waals surface area (Å²) < 4.78 is 1.50. The van der Waals surface area contributed by atoms with Crippen molar-refractivity contribution < 1.29 is 9.59 Å². The first-order valence-electron chi connectivity index (χ1n) is 7.98. The van der Waals surface area contributed by atoms with Crippen molar-refractivity contribution in [3.8, 4) is 5.69 Å². The molecule has 5 rings (SSSR count). The molecule has 0 radical (unpaired) electrons. The van der Waals surface area contributed by atoms with Gasteiger partial charge in [0, 0.05) is 16.5 Å². The summed E-state index contributed by atoms with van der Waals surface area (Å²) in [7, 11) is 0. The lowest BCUT2D eigenvalue weighted by molar-refractivity contribution is 0.0893. The third-order valence-corrected chi connectivity index (χ3v) is 4.49. The van der Waals surface area contributed by atoms with E-state index in [2.05, 4.69) is 15.5 Å². The van der Waals surface area contributed by atoms with Gasteiger partial charge < -0.3 is 0 Å². The molecule has 0 bridgehead atoms. The van der Waals surface area contributed by atoms with Crippen LogP contribution in [0.15, 0.2) is 67.0 Å². The van der Waals surface area contributed by atoms with Gasteiger partial charge in [-0.2, -0.15) is 0 Å². The molecule has 2 heterocycles. The number of carbonyl (C=O) groups is 2. The molecule has 2 amide bonds. The summed E-state index contributed by atoms with van der Waals surface area (Å²) in [6, 6.07) is 17.9. The molecule has 4 aromatic rings. The van der Waals surface area contributed by atoms with Crippen LogP contribution in [-0.4, -0.2) is 32.0 Å². The van der Waals surface area contributed by atoms with Crippen molar-refractivity contribution in [2.75, 3.05) is 4.90 Å². The van der Waals surface area contributed by atoms with Crippen LogP contribution < -0.4 is 4.90 Å². The molecule has 0 unspecified atom stereocenters. The molecule has 0 saturated carbocycles. The number of carbonyl (C=O) groups excluding carboxylic acids is 2. The number of benzene rings is 3. The van der Waals surface area contributed by atoms with Gasteiger partial charge in [0.05, 0.1) is 11.4 Å². The van der Waals surface area contributed by atoms with Crippen LogP contribution in [0.3, 0.4) is 0 Å². The second kappa shape index (κ2) is 5.32. The van der Waals surface area contributed by atoms with E-state index in [-0.39, 0.29) is 11.8 Å². The lowest BCUT2D eigenvalue weighted by Gasteiger charge is -2.27. The quantitative estimate of drug-likeness (QED) is 0.524. The zero-order chi connectivity index (χ0) is 17.7. The first kappa shape index (κ1) is 14.5. The van der Waals surface area contributed by atoms with Crippen LogP contribution in [0.25, 0.3) is 16.5 Å². The SMILES string of the molecule is O=C1c2cccc3cccc(c23)C(=O)N1c1ccc(-n2cnnn2)cc1. The van der Waals surface area contributed by atoms with Crippen molar-refractivity contribution in [3.63, 3.8) is 0 Å². The molecule has 7 heteroatoms.